The van der Waals surface area contributed by atoms with Crippen LogP contribution in [-0.2, 0) is 0 Å². The molecule has 0 bridgehead atoms. The van der Waals surface area contributed by atoms with E-state index in [0.29, 0.717) is 11.1 Å². The van der Waals surface area contributed by atoms with Gasteiger partial charge >= 0.3 is 0 Å². The summed E-state index contributed by atoms with van der Waals surface area (Å²) in [5.74, 6) is 0.699. The van der Waals surface area contributed by atoms with Crippen LogP contribution in [0.1, 0.15) is 39.2 Å². The van der Waals surface area contributed by atoms with Crippen LogP contribution in [0.3, 0.4) is 0 Å². The van der Waals surface area contributed by atoms with Crippen molar-refractivity contribution in [2.24, 2.45) is 0 Å². The highest BCUT2D eigenvalue weighted by Gasteiger charge is 2.29. The number of nitrogen functional groups attached to an aromatic ring is 1. The van der Waals surface area contributed by atoms with Gasteiger partial charge in [-0.25, -0.2) is 4.68 Å². The molecule has 16 heavy (non-hydrogen) atoms. The first-order valence-electron chi connectivity index (χ1n) is 5.77. The van der Waals surface area contributed by atoms with Crippen LogP contribution in [0.15, 0.2) is 11.1 Å². The number of anilines is 1. The van der Waals surface area contributed by atoms with Crippen LogP contribution in [-0.4, -0.2) is 26.2 Å². The summed E-state index contributed by atoms with van der Waals surface area (Å²) in [5, 5.41) is 14.6. The van der Waals surface area contributed by atoms with E-state index in [4.69, 9.17) is 5.73 Å². The Morgan fingerprint density at radius 3 is 2.88 bits per heavy atom. The van der Waals surface area contributed by atoms with Gasteiger partial charge in [0.15, 0.2) is 0 Å². The van der Waals surface area contributed by atoms with Crippen LogP contribution < -0.4 is 5.73 Å². The summed E-state index contributed by atoms with van der Waals surface area (Å²) in [6.45, 7) is 4.26. The maximum Gasteiger partial charge on any atom is 0.135 e. The van der Waals surface area contributed by atoms with E-state index in [1.54, 1.807) is 16.4 Å². The molecule has 0 radical (unpaired) electrons. The number of thioether (sulfide) groups is 1. The first-order valence-corrected chi connectivity index (χ1v) is 6.65. The smallest absolute Gasteiger partial charge is 0.135 e. The molecule has 0 saturated heterocycles. The molecule has 4 nitrogen and oxygen atoms in total. The van der Waals surface area contributed by atoms with Crippen molar-refractivity contribution >= 4 is 17.6 Å². The van der Waals surface area contributed by atoms with Crippen molar-refractivity contribution in [3.63, 3.8) is 0 Å². The molecular weight excluding hydrogens is 222 g/mol. The van der Waals surface area contributed by atoms with Gasteiger partial charge in [0.05, 0.1) is 23.2 Å². The van der Waals surface area contributed by atoms with Gasteiger partial charge in [0.2, 0.25) is 0 Å². The van der Waals surface area contributed by atoms with Crippen molar-refractivity contribution in [1.29, 1.82) is 0 Å². The molecule has 1 fully saturated rings. The number of aromatic nitrogens is 2. The predicted molar refractivity (Wildman–Crippen MR) is 66.5 cm³/mol. The van der Waals surface area contributed by atoms with Crippen LogP contribution in [0.2, 0.25) is 0 Å². The van der Waals surface area contributed by atoms with Gasteiger partial charge in [0.1, 0.15) is 5.82 Å². The molecule has 1 aliphatic carbocycles. The van der Waals surface area contributed by atoms with Gasteiger partial charge in [-0.3, -0.25) is 0 Å². The minimum Gasteiger partial charge on any atom is -0.391 e. The highest BCUT2D eigenvalue weighted by atomic mass is 32.2. The quantitative estimate of drug-likeness (QED) is 0.795. The lowest BCUT2D eigenvalue weighted by molar-refractivity contribution is 0.131. The molecule has 1 aliphatic rings. The lowest BCUT2D eigenvalue weighted by Crippen LogP contribution is -2.20. The van der Waals surface area contributed by atoms with Gasteiger partial charge < -0.3 is 10.8 Å². The zero-order chi connectivity index (χ0) is 11.7. The van der Waals surface area contributed by atoms with E-state index in [2.05, 4.69) is 18.9 Å². The average molecular weight is 241 g/mol. The number of nitrogens with zero attached hydrogens (tertiary/aromatic N) is 2. The van der Waals surface area contributed by atoms with Gasteiger partial charge in [0.25, 0.3) is 0 Å². The van der Waals surface area contributed by atoms with Crippen molar-refractivity contribution in [3.05, 3.63) is 6.20 Å². The van der Waals surface area contributed by atoms with E-state index in [1.807, 2.05) is 6.20 Å². The molecule has 0 spiro atoms. The maximum absolute atomic E-state index is 9.83. The highest BCUT2D eigenvalue weighted by molar-refractivity contribution is 8.00. The second kappa shape index (κ2) is 4.67. The standard InChI is InChI=1S/C11H19N3OS/c1-7(2)16-10-6-13-14(11(10)12)8-4-3-5-9(8)15/h6-9,15H,3-5,12H2,1-2H3. The fourth-order valence-electron chi connectivity index (χ4n) is 2.17. The second-order valence-corrected chi connectivity index (χ2v) is 6.19. The Labute approximate surface area is 100 Å². The summed E-state index contributed by atoms with van der Waals surface area (Å²) in [4.78, 5) is 1.02. The van der Waals surface area contributed by atoms with E-state index in [0.717, 1.165) is 24.2 Å². The summed E-state index contributed by atoms with van der Waals surface area (Å²) in [7, 11) is 0. The van der Waals surface area contributed by atoms with Crippen molar-refractivity contribution in [3.8, 4) is 0 Å². The van der Waals surface area contributed by atoms with Crippen molar-refractivity contribution in [2.75, 3.05) is 5.73 Å². The van der Waals surface area contributed by atoms with E-state index < -0.39 is 0 Å². The molecule has 2 unspecified atom stereocenters. The molecule has 0 amide bonds. The number of aliphatic hydroxyl groups is 1. The summed E-state index contributed by atoms with van der Waals surface area (Å²) < 4.78 is 1.79. The fraction of sp³-hybridized carbons (Fsp3) is 0.727. The first-order chi connectivity index (χ1) is 7.59. The zero-order valence-corrected chi connectivity index (χ0v) is 10.6. The first kappa shape index (κ1) is 11.8. The third kappa shape index (κ3) is 2.20. The zero-order valence-electron chi connectivity index (χ0n) is 9.76. The Kier molecular flexibility index (Phi) is 3.44. The molecule has 2 atom stereocenters. The van der Waals surface area contributed by atoms with Crippen molar-refractivity contribution < 1.29 is 5.11 Å². The minimum atomic E-state index is -0.293. The van der Waals surface area contributed by atoms with E-state index in [9.17, 15) is 5.11 Å². The lowest BCUT2D eigenvalue weighted by Gasteiger charge is -2.16. The molecule has 3 N–H and O–H groups in total. The molecule has 2 rings (SSSR count). The molecule has 1 aromatic rings. The number of rotatable bonds is 3. The van der Waals surface area contributed by atoms with E-state index in [-0.39, 0.29) is 12.1 Å². The SMILES string of the molecule is CC(C)Sc1cnn(C2CCCC2O)c1N. The normalized spacial score (nSPS) is 25.5. The Balaban J connectivity index is 2.19. The third-order valence-electron chi connectivity index (χ3n) is 2.92. The van der Waals surface area contributed by atoms with Gasteiger partial charge in [-0.2, -0.15) is 5.10 Å². The minimum absolute atomic E-state index is 0.0708. The molecule has 5 heteroatoms. The van der Waals surface area contributed by atoms with Crippen LogP contribution in [0.25, 0.3) is 0 Å². The number of aliphatic hydroxyl groups excluding tert-OH is 1. The number of hydrogen-bond acceptors (Lipinski definition) is 4. The number of nitrogens with two attached hydrogens (primary N) is 1. The van der Waals surface area contributed by atoms with E-state index in [1.165, 1.54) is 0 Å². The Morgan fingerprint density at radius 1 is 1.56 bits per heavy atom. The topological polar surface area (TPSA) is 64.1 Å². The lowest BCUT2D eigenvalue weighted by atomic mass is 10.2. The van der Waals surface area contributed by atoms with E-state index >= 15 is 0 Å². The molecule has 90 valence electrons. The van der Waals surface area contributed by atoms with Crippen LogP contribution >= 0.6 is 11.8 Å². The van der Waals surface area contributed by atoms with Gasteiger partial charge in [-0.1, -0.05) is 13.8 Å². The van der Waals surface area contributed by atoms with Gasteiger partial charge in [-0.05, 0) is 19.3 Å². The number of hydrogen-bond donors (Lipinski definition) is 2. The average Bonchev–Trinajstić information content (AvgIpc) is 2.75. The third-order valence-corrected chi connectivity index (χ3v) is 3.96. The van der Waals surface area contributed by atoms with Crippen molar-refractivity contribution in [2.45, 2.75) is 55.4 Å². The molecule has 1 aromatic heterocycles. The summed E-state index contributed by atoms with van der Waals surface area (Å²) in [6.07, 6.45) is 4.40. The Hall–Kier alpha value is -0.680. The monoisotopic (exact) mass is 241 g/mol. The van der Waals surface area contributed by atoms with Crippen LogP contribution in [0.5, 0.6) is 0 Å². The molecule has 0 aromatic carbocycles. The van der Waals surface area contributed by atoms with Gasteiger partial charge in [-0.15, -0.1) is 11.8 Å². The summed E-state index contributed by atoms with van der Waals surface area (Å²) >= 11 is 1.72. The summed E-state index contributed by atoms with van der Waals surface area (Å²) in [5.41, 5.74) is 6.06. The van der Waals surface area contributed by atoms with Crippen LogP contribution in [0.4, 0.5) is 5.82 Å². The molecule has 1 heterocycles. The fourth-order valence-corrected chi connectivity index (χ4v) is 3.00. The van der Waals surface area contributed by atoms with Crippen molar-refractivity contribution in [1.82, 2.24) is 9.78 Å². The molecule has 0 aliphatic heterocycles. The summed E-state index contributed by atoms with van der Waals surface area (Å²) in [6, 6.07) is 0.0708. The maximum atomic E-state index is 9.83. The van der Waals surface area contributed by atoms with Gasteiger partial charge in [0, 0.05) is 5.25 Å². The Bertz CT molecular complexity index is 364. The highest BCUT2D eigenvalue weighted by Crippen LogP contribution is 2.35. The molecule has 1 saturated carbocycles. The predicted octanol–water partition coefficient (Wildman–Crippen LogP) is 2.05. The molecular formula is C11H19N3OS. The van der Waals surface area contributed by atoms with Crippen LogP contribution in [0, 0.1) is 0 Å². The largest absolute Gasteiger partial charge is 0.391 e. The second-order valence-electron chi connectivity index (χ2n) is 4.57. The Morgan fingerprint density at radius 2 is 2.31 bits per heavy atom.